The van der Waals surface area contributed by atoms with E-state index >= 15 is 0 Å². The monoisotopic (exact) mass is 431 g/mol. The van der Waals surface area contributed by atoms with E-state index in [0.717, 1.165) is 28.2 Å². The number of fused-ring (bicyclic) bond motifs is 2. The van der Waals surface area contributed by atoms with E-state index in [1.807, 2.05) is 75.4 Å². The highest BCUT2D eigenvalue weighted by Crippen LogP contribution is 2.29. The van der Waals surface area contributed by atoms with Crippen LogP contribution in [-0.2, 0) is 0 Å². The number of benzene rings is 2. The zero-order valence-electron chi connectivity index (χ0n) is 17.4. The van der Waals surface area contributed by atoms with Gasteiger partial charge in [-0.25, -0.2) is 0 Å². The van der Waals surface area contributed by atoms with Crippen molar-refractivity contribution < 1.29 is 9.47 Å². The van der Waals surface area contributed by atoms with Crippen LogP contribution in [0.5, 0.6) is 11.5 Å². The maximum atomic E-state index is 12.9. The molecule has 0 saturated heterocycles. The van der Waals surface area contributed by atoms with Crippen LogP contribution in [0.15, 0.2) is 58.9 Å². The van der Waals surface area contributed by atoms with Crippen molar-refractivity contribution in [2.75, 3.05) is 0 Å². The van der Waals surface area contributed by atoms with Crippen LogP contribution in [-0.4, -0.2) is 26.8 Å². The van der Waals surface area contributed by atoms with Gasteiger partial charge in [-0.05, 0) is 68.8 Å². The van der Waals surface area contributed by atoms with Crippen molar-refractivity contribution in [3.63, 3.8) is 0 Å². The SMILES string of the molecule is CC(C)Oc1ccc(-c2nc3sc(=CC4=Cc5ccccc5OC4C)c(=O)n3n2)cc1. The Labute approximate surface area is 183 Å². The number of ether oxygens (including phenoxy) is 2. The first-order valence-electron chi connectivity index (χ1n) is 10.1. The molecule has 3 heterocycles. The Morgan fingerprint density at radius 3 is 2.68 bits per heavy atom. The molecule has 31 heavy (non-hydrogen) atoms. The fourth-order valence-corrected chi connectivity index (χ4v) is 4.39. The Kier molecular flexibility index (Phi) is 4.82. The predicted octanol–water partition coefficient (Wildman–Crippen LogP) is 3.97. The molecule has 6 nitrogen and oxygen atoms in total. The number of aromatic nitrogens is 3. The van der Waals surface area contributed by atoms with Gasteiger partial charge < -0.3 is 9.47 Å². The van der Waals surface area contributed by atoms with Crippen LogP contribution in [0.2, 0.25) is 0 Å². The van der Waals surface area contributed by atoms with Gasteiger partial charge in [-0.1, -0.05) is 29.5 Å². The van der Waals surface area contributed by atoms with Gasteiger partial charge in [0.25, 0.3) is 5.56 Å². The zero-order chi connectivity index (χ0) is 21.5. The molecule has 0 amide bonds. The molecule has 0 fully saturated rings. The lowest BCUT2D eigenvalue weighted by atomic mass is 10.0. The third-order valence-electron chi connectivity index (χ3n) is 4.98. The Hall–Kier alpha value is -3.45. The molecule has 0 saturated carbocycles. The van der Waals surface area contributed by atoms with Crippen molar-refractivity contribution in [1.82, 2.24) is 14.6 Å². The van der Waals surface area contributed by atoms with Crippen LogP contribution in [0.3, 0.4) is 0 Å². The van der Waals surface area contributed by atoms with Gasteiger partial charge in [0.15, 0.2) is 5.82 Å². The topological polar surface area (TPSA) is 65.7 Å². The summed E-state index contributed by atoms with van der Waals surface area (Å²) in [6, 6.07) is 15.4. The quantitative estimate of drug-likeness (QED) is 0.489. The van der Waals surface area contributed by atoms with Crippen LogP contribution in [0.1, 0.15) is 26.3 Å². The molecule has 2 aromatic carbocycles. The van der Waals surface area contributed by atoms with E-state index in [2.05, 4.69) is 16.2 Å². The van der Waals surface area contributed by atoms with Gasteiger partial charge in [-0.3, -0.25) is 4.79 Å². The standard InChI is InChI=1S/C24H21N3O3S/c1-14(2)29-19-10-8-16(9-11-19)22-25-24-27(26-22)23(28)21(31-24)13-18-12-17-6-4-5-7-20(17)30-15(18)3/h4-15H,1-3H3. The number of para-hydroxylation sites is 1. The molecular weight excluding hydrogens is 410 g/mol. The highest BCUT2D eigenvalue weighted by atomic mass is 32.1. The van der Waals surface area contributed by atoms with Crippen LogP contribution in [0, 0.1) is 0 Å². The average molecular weight is 432 g/mol. The molecule has 0 N–H and O–H groups in total. The average Bonchev–Trinajstić information content (AvgIpc) is 3.28. The van der Waals surface area contributed by atoms with Crippen LogP contribution >= 0.6 is 11.3 Å². The number of hydrogen-bond acceptors (Lipinski definition) is 6. The summed E-state index contributed by atoms with van der Waals surface area (Å²) >= 11 is 1.33. The number of nitrogens with zero attached hydrogens (tertiary/aromatic N) is 3. The first-order valence-corrected chi connectivity index (χ1v) is 11.0. The van der Waals surface area contributed by atoms with Gasteiger partial charge in [0, 0.05) is 11.1 Å². The van der Waals surface area contributed by atoms with E-state index in [-0.39, 0.29) is 17.8 Å². The summed E-state index contributed by atoms with van der Waals surface area (Å²) in [5, 5.41) is 4.43. The van der Waals surface area contributed by atoms with Crippen molar-refractivity contribution in [2.45, 2.75) is 33.0 Å². The van der Waals surface area contributed by atoms with Gasteiger partial charge in [0.2, 0.25) is 4.96 Å². The van der Waals surface area contributed by atoms with Crippen molar-refractivity contribution in [2.24, 2.45) is 0 Å². The largest absolute Gasteiger partial charge is 0.491 e. The molecule has 2 aromatic heterocycles. The molecule has 0 bridgehead atoms. The van der Waals surface area contributed by atoms with Crippen molar-refractivity contribution in [3.8, 4) is 22.9 Å². The van der Waals surface area contributed by atoms with E-state index < -0.39 is 0 Å². The van der Waals surface area contributed by atoms with Gasteiger partial charge >= 0.3 is 0 Å². The summed E-state index contributed by atoms with van der Waals surface area (Å²) in [5.41, 5.74) is 2.61. The van der Waals surface area contributed by atoms with E-state index in [9.17, 15) is 4.79 Å². The molecule has 1 aliphatic heterocycles. The van der Waals surface area contributed by atoms with Crippen molar-refractivity contribution in [3.05, 3.63) is 74.6 Å². The molecule has 7 heteroatoms. The molecule has 4 aromatic rings. The van der Waals surface area contributed by atoms with Gasteiger partial charge in [0.05, 0.1) is 10.6 Å². The van der Waals surface area contributed by atoms with Crippen LogP contribution in [0.25, 0.3) is 28.5 Å². The summed E-state index contributed by atoms with van der Waals surface area (Å²) in [6.45, 7) is 5.95. The zero-order valence-corrected chi connectivity index (χ0v) is 18.2. The highest BCUT2D eigenvalue weighted by Gasteiger charge is 2.18. The summed E-state index contributed by atoms with van der Waals surface area (Å²) in [7, 11) is 0. The fourth-order valence-electron chi connectivity index (χ4n) is 3.48. The Morgan fingerprint density at radius 2 is 1.94 bits per heavy atom. The third-order valence-corrected chi connectivity index (χ3v) is 5.94. The van der Waals surface area contributed by atoms with E-state index in [4.69, 9.17) is 9.47 Å². The molecular formula is C24H21N3O3S. The van der Waals surface area contributed by atoms with Gasteiger partial charge in [0.1, 0.15) is 17.6 Å². The maximum absolute atomic E-state index is 12.9. The first kappa shape index (κ1) is 19.5. The Balaban J connectivity index is 1.49. The minimum Gasteiger partial charge on any atom is -0.491 e. The second kappa shape index (κ2) is 7.67. The Morgan fingerprint density at radius 1 is 1.16 bits per heavy atom. The molecule has 1 unspecified atom stereocenters. The molecule has 156 valence electrons. The normalized spacial score (nSPS) is 16.3. The lowest BCUT2D eigenvalue weighted by Crippen LogP contribution is -2.26. The van der Waals surface area contributed by atoms with Crippen LogP contribution in [0.4, 0.5) is 0 Å². The van der Waals surface area contributed by atoms with E-state index in [0.29, 0.717) is 15.3 Å². The van der Waals surface area contributed by atoms with Crippen LogP contribution < -0.4 is 19.6 Å². The second-order valence-electron chi connectivity index (χ2n) is 7.68. The summed E-state index contributed by atoms with van der Waals surface area (Å²) in [6.07, 6.45) is 3.91. The molecule has 0 radical (unpaired) electrons. The molecule has 0 aliphatic carbocycles. The lowest BCUT2D eigenvalue weighted by molar-refractivity contribution is 0.242. The minimum atomic E-state index is -0.175. The number of hydrogen-bond donors (Lipinski definition) is 0. The van der Waals surface area contributed by atoms with Gasteiger partial charge in [-0.15, -0.1) is 5.10 Å². The van der Waals surface area contributed by atoms with Crippen molar-refractivity contribution in [1.29, 1.82) is 0 Å². The fraction of sp³-hybridized carbons (Fsp3) is 0.208. The first-order chi connectivity index (χ1) is 15.0. The van der Waals surface area contributed by atoms with Gasteiger partial charge in [-0.2, -0.15) is 9.50 Å². The molecule has 1 aliphatic rings. The third kappa shape index (κ3) is 3.72. The lowest BCUT2D eigenvalue weighted by Gasteiger charge is -2.22. The minimum absolute atomic E-state index is 0.112. The van der Waals surface area contributed by atoms with E-state index in [1.165, 1.54) is 15.9 Å². The number of thiazole rings is 1. The smallest absolute Gasteiger partial charge is 0.291 e. The molecule has 1 atom stereocenters. The summed E-state index contributed by atoms with van der Waals surface area (Å²) in [5.74, 6) is 2.17. The van der Waals surface area contributed by atoms with Crippen molar-refractivity contribution >= 4 is 28.4 Å². The summed E-state index contributed by atoms with van der Waals surface area (Å²) in [4.78, 5) is 18.1. The Bertz CT molecular complexity index is 1400. The summed E-state index contributed by atoms with van der Waals surface area (Å²) < 4.78 is 13.6. The maximum Gasteiger partial charge on any atom is 0.291 e. The molecule has 5 rings (SSSR count). The predicted molar refractivity (Wildman–Crippen MR) is 123 cm³/mol. The number of rotatable bonds is 4. The highest BCUT2D eigenvalue weighted by molar-refractivity contribution is 7.15. The molecule has 0 spiro atoms. The second-order valence-corrected chi connectivity index (χ2v) is 8.69. The van der Waals surface area contributed by atoms with E-state index in [1.54, 1.807) is 0 Å².